The number of carbonyl (C=O) groups is 2. The highest BCUT2D eigenvalue weighted by molar-refractivity contribution is 6.01. The number of guanidine groups is 1. The van der Waals surface area contributed by atoms with Gasteiger partial charge in [-0.1, -0.05) is 12.1 Å². The van der Waals surface area contributed by atoms with Crippen molar-refractivity contribution in [1.29, 1.82) is 0 Å². The van der Waals surface area contributed by atoms with Crippen LogP contribution in [0.3, 0.4) is 0 Å². The van der Waals surface area contributed by atoms with Crippen LogP contribution in [0.5, 0.6) is 0 Å². The van der Waals surface area contributed by atoms with Gasteiger partial charge in [0.05, 0.1) is 6.54 Å². The predicted molar refractivity (Wildman–Crippen MR) is 104 cm³/mol. The maximum atomic E-state index is 11.5. The average Bonchev–Trinajstić information content (AvgIpc) is 2.95. The standard InChI is InChI=1S/C18H28N6O2/c1-4-23(15-7-5-6-14(2)12-15)10-8-20-17(19-3)21-9-11-24-16(25)13-22-18(24)26/h5-7,12H,4,8-11,13H2,1-3H3,(H,22,26)(H2,19,20,21). The molecule has 1 aromatic carbocycles. The van der Waals surface area contributed by atoms with Crippen molar-refractivity contribution >= 4 is 23.6 Å². The summed E-state index contributed by atoms with van der Waals surface area (Å²) in [5, 5.41) is 8.89. The molecular weight excluding hydrogens is 332 g/mol. The molecule has 2 rings (SSSR count). The molecule has 8 nitrogen and oxygen atoms in total. The molecular formula is C18H28N6O2. The maximum absolute atomic E-state index is 11.5. The number of nitrogens with zero attached hydrogens (tertiary/aromatic N) is 3. The van der Waals surface area contributed by atoms with Gasteiger partial charge in [-0.25, -0.2) is 4.79 Å². The molecule has 1 aliphatic heterocycles. The number of benzene rings is 1. The minimum Gasteiger partial charge on any atom is -0.370 e. The molecule has 1 aromatic rings. The Morgan fingerprint density at radius 3 is 2.69 bits per heavy atom. The van der Waals surface area contributed by atoms with Gasteiger partial charge >= 0.3 is 6.03 Å². The summed E-state index contributed by atoms with van der Waals surface area (Å²) in [5.41, 5.74) is 2.45. The van der Waals surface area contributed by atoms with Gasteiger partial charge < -0.3 is 20.9 Å². The Morgan fingerprint density at radius 2 is 2.08 bits per heavy atom. The van der Waals surface area contributed by atoms with Gasteiger partial charge in [-0.2, -0.15) is 0 Å². The van der Waals surface area contributed by atoms with Crippen LogP contribution in [0.4, 0.5) is 10.5 Å². The number of hydrogen-bond donors (Lipinski definition) is 3. The molecule has 1 saturated heterocycles. The SMILES string of the molecule is CCN(CCNC(=NC)NCCN1C(=O)CNC1=O)c1cccc(C)c1. The summed E-state index contributed by atoms with van der Waals surface area (Å²) >= 11 is 0. The van der Waals surface area contributed by atoms with Crippen molar-refractivity contribution in [2.24, 2.45) is 4.99 Å². The first kappa shape index (κ1) is 19.6. The lowest BCUT2D eigenvalue weighted by Gasteiger charge is -2.24. The quantitative estimate of drug-likeness (QED) is 0.358. The molecule has 0 saturated carbocycles. The molecule has 3 amide bonds. The van der Waals surface area contributed by atoms with Crippen molar-refractivity contribution in [2.75, 3.05) is 51.2 Å². The molecule has 0 bridgehead atoms. The van der Waals surface area contributed by atoms with Gasteiger partial charge in [0, 0.05) is 45.5 Å². The van der Waals surface area contributed by atoms with Gasteiger partial charge in [0.25, 0.3) is 0 Å². The molecule has 1 fully saturated rings. The smallest absolute Gasteiger partial charge is 0.324 e. The summed E-state index contributed by atoms with van der Waals surface area (Å²) in [4.78, 5) is 30.7. The van der Waals surface area contributed by atoms with Gasteiger partial charge in [-0.05, 0) is 31.5 Å². The summed E-state index contributed by atoms with van der Waals surface area (Å²) in [7, 11) is 1.70. The summed E-state index contributed by atoms with van der Waals surface area (Å²) in [6.45, 7) is 7.56. The van der Waals surface area contributed by atoms with Gasteiger partial charge in [-0.3, -0.25) is 14.7 Å². The fraction of sp³-hybridized carbons (Fsp3) is 0.500. The first-order valence-electron chi connectivity index (χ1n) is 8.89. The van der Waals surface area contributed by atoms with Crippen LogP contribution in [0.2, 0.25) is 0 Å². The Hall–Kier alpha value is -2.77. The number of imide groups is 1. The van der Waals surface area contributed by atoms with Crippen molar-refractivity contribution in [3.05, 3.63) is 29.8 Å². The molecule has 142 valence electrons. The number of rotatable bonds is 8. The van der Waals surface area contributed by atoms with Crippen LogP contribution in [-0.4, -0.2) is 69.1 Å². The number of nitrogens with one attached hydrogen (secondary N) is 3. The monoisotopic (exact) mass is 360 g/mol. The van der Waals surface area contributed by atoms with Crippen molar-refractivity contribution in [3.8, 4) is 0 Å². The average molecular weight is 360 g/mol. The van der Waals surface area contributed by atoms with E-state index in [1.807, 2.05) is 0 Å². The lowest BCUT2D eigenvalue weighted by atomic mass is 10.2. The lowest BCUT2D eigenvalue weighted by Crippen LogP contribution is -2.45. The molecule has 26 heavy (non-hydrogen) atoms. The normalized spacial score (nSPS) is 14.4. The molecule has 0 spiro atoms. The Morgan fingerprint density at radius 1 is 1.31 bits per heavy atom. The van der Waals surface area contributed by atoms with Crippen LogP contribution in [0.15, 0.2) is 29.3 Å². The van der Waals surface area contributed by atoms with Crippen molar-refractivity contribution in [2.45, 2.75) is 13.8 Å². The number of anilines is 1. The molecule has 0 unspecified atom stereocenters. The van der Waals surface area contributed by atoms with E-state index < -0.39 is 0 Å². The molecule has 0 aliphatic carbocycles. The number of aryl methyl sites for hydroxylation is 1. The Kier molecular flexibility index (Phi) is 7.25. The Labute approximate surface area is 154 Å². The van der Waals surface area contributed by atoms with E-state index in [0.29, 0.717) is 19.0 Å². The van der Waals surface area contributed by atoms with E-state index in [-0.39, 0.29) is 18.5 Å². The number of hydrogen-bond acceptors (Lipinski definition) is 4. The maximum Gasteiger partial charge on any atom is 0.324 e. The summed E-state index contributed by atoms with van der Waals surface area (Å²) in [6, 6.07) is 8.11. The molecule has 0 atom stereocenters. The molecule has 1 heterocycles. The highest BCUT2D eigenvalue weighted by Gasteiger charge is 2.27. The Bertz CT molecular complexity index is 645. The van der Waals surface area contributed by atoms with Crippen molar-refractivity contribution < 1.29 is 9.59 Å². The Balaban J connectivity index is 1.74. The number of likely N-dealkylation sites (N-methyl/N-ethyl adjacent to an activating group) is 1. The second-order valence-corrected chi connectivity index (χ2v) is 6.05. The molecule has 0 aromatic heterocycles. The van der Waals surface area contributed by atoms with E-state index in [1.54, 1.807) is 7.05 Å². The zero-order valence-electron chi connectivity index (χ0n) is 15.7. The van der Waals surface area contributed by atoms with Gasteiger partial charge in [0.1, 0.15) is 0 Å². The van der Waals surface area contributed by atoms with Crippen LogP contribution >= 0.6 is 0 Å². The van der Waals surface area contributed by atoms with Crippen LogP contribution in [0, 0.1) is 6.92 Å². The molecule has 0 radical (unpaired) electrons. The lowest BCUT2D eigenvalue weighted by molar-refractivity contribution is -0.124. The highest BCUT2D eigenvalue weighted by Crippen LogP contribution is 2.14. The van der Waals surface area contributed by atoms with E-state index in [0.717, 1.165) is 19.6 Å². The van der Waals surface area contributed by atoms with Crippen LogP contribution in [0.1, 0.15) is 12.5 Å². The zero-order valence-corrected chi connectivity index (χ0v) is 15.7. The minimum atomic E-state index is -0.337. The number of carbonyl (C=O) groups excluding carboxylic acids is 2. The minimum absolute atomic E-state index is 0.0810. The molecule has 8 heteroatoms. The summed E-state index contributed by atoms with van der Waals surface area (Å²) in [5.74, 6) is 0.453. The first-order chi connectivity index (χ1) is 12.5. The van der Waals surface area contributed by atoms with Crippen LogP contribution in [0.25, 0.3) is 0 Å². The third-order valence-corrected chi connectivity index (χ3v) is 4.21. The second-order valence-electron chi connectivity index (χ2n) is 6.05. The predicted octanol–water partition coefficient (Wildman–Crippen LogP) is 0.538. The highest BCUT2D eigenvalue weighted by atomic mass is 16.2. The zero-order chi connectivity index (χ0) is 18.9. The first-order valence-corrected chi connectivity index (χ1v) is 8.89. The van der Waals surface area contributed by atoms with Gasteiger partial charge in [-0.15, -0.1) is 0 Å². The van der Waals surface area contributed by atoms with E-state index in [4.69, 9.17) is 0 Å². The van der Waals surface area contributed by atoms with Gasteiger partial charge in [0.2, 0.25) is 5.91 Å². The van der Waals surface area contributed by atoms with E-state index >= 15 is 0 Å². The van der Waals surface area contributed by atoms with Crippen LogP contribution in [-0.2, 0) is 4.79 Å². The third kappa shape index (κ3) is 5.37. The van der Waals surface area contributed by atoms with E-state index in [1.165, 1.54) is 16.2 Å². The summed E-state index contributed by atoms with van der Waals surface area (Å²) in [6.07, 6.45) is 0. The van der Waals surface area contributed by atoms with Crippen molar-refractivity contribution in [3.63, 3.8) is 0 Å². The number of aliphatic imine (C=N–C) groups is 1. The van der Waals surface area contributed by atoms with Gasteiger partial charge in [0.15, 0.2) is 5.96 Å². The number of amides is 3. The fourth-order valence-corrected chi connectivity index (χ4v) is 2.79. The second kappa shape index (κ2) is 9.65. The fourth-order valence-electron chi connectivity index (χ4n) is 2.79. The van der Waals surface area contributed by atoms with E-state index in [9.17, 15) is 9.59 Å². The largest absolute Gasteiger partial charge is 0.370 e. The molecule has 1 aliphatic rings. The van der Waals surface area contributed by atoms with E-state index in [2.05, 4.69) is 64.0 Å². The third-order valence-electron chi connectivity index (χ3n) is 4.21. The molecule has 3 N–H and O–H groups in total. The van der Waals surface area contributed by atoms with Crippen LogP contribution < -0.4 is 20.9 Å². The number of urea groups is 1. The van der Waals surface area contributed by atoms with Crippen molar-refractivity contribution in [1.82, 2.24) is 20.9 Å². The topological polar surface area (TPSA) is 89.1 Å². The summed E-state index contributed by atoms with van der Waals surface area (Å²) < 4.78 is 0.